The van der Waals surface area contributed by atoms with Gasteiger partial charge in [-0.2, -0.15) is 12.6 Å². The van der Waals surface area contributed by atoms with Gasteiger partial charge < -0.3 is 4.74 Å². The first-order valence-corrected chi connectivity index (χ1v) is 4.53. The molecule has 0 aliphatic heterocycles. The molecule has 0 aromatic carbocycles. The Morgan fingerprint density at radius 2 is 2.27 bits per heavy atom. The lowest BCUT2D eigenvalue weighted by atomic mass is 10.00. The molecule has 0 N–H and O–H groups in total. The minimum atomic E-state index is -0.0794. The first-order chi connectivity index (χ1) is 5.22. The third kappa shape index (κ3) is 2.40. The molecule has 0 bridgehead atoms. The van der Waals surface area contributed by atoms with Crippen LogP contribution in [0, 0.1) is 5.41 Å². The molecule has 0 aromatic heterocycles. The third-order valence-corrected chi connectivity index (χ3v) is 2.57. The van der Waals surface area contributed by atoms with Crippen molar-refractivity contribution >= 4 is 18.6 Å². The van der Waals surface area contributed by atoms with Crippen molar-refractivity contribution in [2.45, 2.75) is 25.7 Å². The van der Waals surface area contributed by atoms with E-state index < -0.39 is 0 Å². The Labute approximate surface area is 72.7 Å². The van der Waals surface area contributed by atoms with Crippen molar-refractivity contribution in [1.82, 2.24) is 0 Å². The fraction of sp³-hybridized carbons (Fsp3) is 0.875. The molecule has 3 heteroatoms. The highest BCUT2D eigenvalue weighted by molar-refractivity contribution is 7.80. The molecule has 1 aliphatic carbocycles. The fourth-order valence-corrected chi connectivity index (χ4v) is 1.78. The van der Waals surface area contributed by atoms with Gasteiger partial charge in [0.15, 0.2) is 0 Å². The van der Waals surface area contributed by atoms with Crippen LogP contribution in [0.4, 0.5) is 0 Å². The van der Waals surface area contributed by atoms with Crippen molar-refractivity contribution in [1.29, 1.82) is 0 Å². The topological polar surface area (TPSA) is 26.3 Å². The SMILES string of the molecule is COC(=O)CC1(CCS)CC1. The molecule has 2 nitrogen and oxygen atoms in total. The van der Waals surface area contributed by atoms with Crippen LogP contribution in [0.25, 0.3) is 0 Å². The Balaban J connectivity index is 2.29. The zero-order valence-electron chi connectivity index (χ0n) is 6.80. The van der Waals surface area contributed by atoms with E-state index in [4.69, 9.17) is 0 Å². The number of methoxy groups -OCH3 is 1. The van der Waals surface area contributed by atoms with E-state index >= 15 is 0 Å². The first-order valence-electron chi connectivity index (χ1n) is 3.90. The molecule has 0 atom stereocenters. The molecule has 0 radical (unpaired) electrons. The van der Waals surface area contributed by atoms with Crippen LogP contribution < -0.4 is 0 Å². The van der Waals surface area contributed by atoms with E-state index in [1.54, 1.807) is 0 Å². The van der Waals surface area contributed by atoms with Crippen LogP contribution in [-0.2, 0) is 9.53 Å². The molecular weight excluding hydrogens is 160 g/mol. The molecule has 1 rings (SSSR count). The number of rotatable bonds is 4. The second-order valence-electron chi connectivity index (χ2n) is 3.23. The lowest BCUT2D eigenvalue weighted by molar-refractivity contribution is -0.142. The summed E-state index contributed by atoms with van der Waals surface area (Å²) in [5.41, 5.74) is 0.273. The van der Waals surface area contributed by atoms with Gasteiger partial charge in [-0.05, 0) is 30.4 Å². The van der Waals surface area contributed by atoms with Crippen molar-refractivity contribution in [2.75, 3.05) is 12.9 Å². The summed E-state index contributed by atoms with van der Waals surface area (Å²) >= 11 is 4.15. The Bertz CT molecular complexity index is 152. The molecule has 0 heterocycles. The van der Waals surface area contributed by atoms with E-state index in [-0.39, 0.29) is 11.4 Å². The van der Waals surface area contributed by atoms with E-state index in [9.17, 15) is 4.79 Å². The Kier molecular flexibility index (Phi) is 2.82. The average Bonchev–Trinajstić information content (AvgIpc) is 2.70. The van der Waals surface area contributed by atoms with Crippen LogP contribution in [-0.4, -0.2) is 18.8 Å². The van der Waals surface area contributed by atoms with Gasteiger partial charge in [-0.1, -0.05) is 0 Å². The minimum Gasteiger partial charge on any atom is -0.469 e. The maximum Gasteiger partial charge on any atom is 0.306 e. The third-order valence-electron chi connectivity index (χ3n) is 2.35. The molecule has 0 spiro atoms. The lowest BCUT2D eigenvalue weighted by Crippen LogP contribution is -2.11. The van der Waals surface area contributed by atoms with Gasteiger partial charge in [0.25, 0.3) is 0 Å². The summed E-state index contributed by atoms with van der Waals surface area (Å²) in [5.74, 6) is 0.793. The van der Waals surface area contributed by atoms with Crippen molar-refractivity contribution in [3.63, 3.8) is 0 Å². The monoisotopic (exact) mass is 174 g/mol. The summed E-state index contributed by atoms with van der Waals surface area (Å²) < 4.78 is 4.61. The number of esters is 1. The highest BCUT2D eigenvalue weighted by atomic mass is 32.1. The number of carbonyl (C=O) groups excluding carboxylic acids is 1. The van der Waals surface area contributed by atoms with Gasteiger partial charge in [-0.25, -0.2) is 0 Å². The van der Waals surface area contributed by atoms with Crippen LogP contribution in [0.5, 0.6) is 0 Å². The van der Waals surface area contributed by atoms with Crippen molar-refractivity contribution < 1.29 is 9.53 Å². The molecule has 0 unspecified atom stereocenters. The molecule has 0 amide bonds. The maximum absolute atomic E-state index is 10.9. The molecule has 0 saturated heterocycles. The average molecular weight is 174 g/mol. The Morgan fingerprint density at radius 1 is 1.64 bits per heavy atom. The quantitative estimate of drug-likeness (QED) is 0.518. The lowest BCUT2D eigenvalue weighted by Gasteiger charge is -2.10. The van der Waals surface area contributed by atoms with Crippen molar-refractivity contribution in [3.8, 4) is 0 Å². The Morgan fingerprint density at radius 3 is 2.64 bits per heavy atom. The van der Waals surface area contributed by atoms with E-state index in [0.717, 1.165) is 12.2 Å². The van der Waals surface area contributed by atoms with Gasteiger partial charge in [0.1, 0.15) is 0 Å². The normalized spacial score (nSPS) is 19.5. The van der Waals surface area contributed by atoms with E-state index in [1.165, 1.54) is 20.0 Å². The number of hydrogen-bond acceptors (Lipinski definition) is 3. The first kappa shape index (κ1) is 8.91. The van der Waals surface area contributed by atoms with Gasteiger partial charge in [-0.3, -0.25) is 4.79 Å². The van der Waals surface area contributed by atoms with Crippen molar-refractivity contribution in [3.05, 3.63) is 0 Å². The van der Waals surface area contributed by atoms with Crippen LogP contribution in [0.2, 0.25) is 0 Å². The molecule has 11 heavy (non-hydrogen) atoms. The standard InChI is InChI=1S/C8H14O2S/c1-10-7(9)6-8(2-3-8)4-5-11/h11H,2-6H2,1H3. The number of thiol groups is 1. The summed E-state index contributed by atoms with van der Waals surface area (Å²) in [6.45, 7) is 0. The molecule has 1 saturated carbocycles. The smallest absolute Gasteiger partial charge is 0.306 e. The number of carbonyl (C=O) groups is 1. The zero-order chi connectivity index (χ0) is 8.32. The van der Waals surface area contributed by atoms with Crippen LogP contribution in [0.15, 0.2) is 0 Å². The maximum atomic E-state index is 10.9. The molecule has 1 aliphatic rings. The fourth-order valence-electron chi connectivity index (χ4n) is 1.31. The van der Waals surface area contributed by atoms with Gasteiger partial charge in [-0.15, -0.1) is 0 Å². The Hall–Kier alpha value is -0.180. The van der Waals surface area contributed by atoms with E-state index in [2.05, 4.69) is 17.4 Å². The molecule has 0 aromatic rings. The van der Waals surface area contributed by atoms with E-state index in [1.807, 2.05) is 0 Å². The zero-order valence-corrected chi connectivity index (χ0v) is 7.69. The van der Waals surface area contributed by atoms with Crippen LogP contribution >= 0.6 is 12.6 Å². The predicted molar refractivity (Wildman–Crippen MR) is 46.8 cm³/mol. The second-order valence-corrected chi connectivity index (χ2v) is 3.67. The highest BCUT2D eigenvalue weighted by Gasteiger charge is 2.43. The van der Waals surface area contributed by atoms with Gasteiger partial charge in [0.2, 0.25) is 0 Å². The summed E-state index contributed by atoms with van der Waals surface area (Å²) in [6, 6.07) is 0. The van der Waals surface area contributed by atoms with Gasteiger partial charge in [0.05, 0.1) is 13.5 Å². The van der Waals surface area contributed by atoms with E-state index in [0.29, 0.717) is 6.42 Å². The largest absolute Gasteiger partial charge is 0.469 e. The summed E-state index contributed by atoms with van der Waals surface area (Å²) in [5, 5.41) is 0. The number of hydrogen-bond donors (Lipinski definition) is 1. The summed E-state index contributed by atoms with van der Waals surface area (Å²) in [7, 11) is 1.44. The summed E-state index contributed by atoms with van der Waals surface area (Å²) in [4.78, 5) is 10.9. The summed E-state index contributed by atoms with van der Waals surface area (Å²) in [6.07, 6.45) is 3.97. The number of ether oxygens (including phenoxy) is 1. The molecular formula is C8H14O2S. The molecule has 64 valence electrons. The highest BCUT2D eigenvalue weighted by Crippen LogP contribution is 2.52. The predicted octanol–water partition coefficient (Wildman–Crippen LogP) is 1.65. The van der Waals surface area contributed by atoms with Gasteiger partial charge in [0, 0.05) is 0 Å². The second kappa shape index (κ2) is 3.48. The van der Waals surface area contributed by atoms with Crippen molar-refractivity contribution in [2.24, 2.45) is 5.41 Å². The van der Waals surface area contributed by atoms with Crippen LogP contribution in [0.1, 0.15) is 25.7 Å². The molecule has 1 fully saturated rings. The minimum absolute atomic E-state index is 0.0794. The van der Waals surface area contributed by atoms with Gasteiger partial charge >= 0.3 is 5.97 Å². The van der Waals surface area contributed by atoms with Crippen LogP contribution in [0.3, 0.4) is 0 Å².